The minimum atomic E-state index is -0.518. The van der Waals surface area contributed by atoms with Gasteiger partial charge in [0.05, 0.1) is 19.7 Å². The van der Waals surface area contributed by atoms with Gasteiger partial charge in [-0.3, -0.25) is 9.78 Å². The molecule has 3 rings (SSSR count). The Morgan fingerprint density at radius 3 is 2.74 bits per heavy atom. The third-order valence-corrected chi connectivity index (χ3v) is 4.91. The maximum absolute atomic E-state index is 12.3. The lowest BCUT2D eigenvalue weighted by molar-refractivity contribution is 0.0477. The van der Waals surface area contributed by atoms with Crippen molar-refractivity contribution in [2.24, 2.45) is 0 Å². The summed E-state index contributed by atoms with van der Waals surface area (Å²) in [7, 11) is 0. The van der Waals surface area contributed by atoms with Crippen molar-refractivity contribution in [1.29, 1.82) is 0 Å². The molecule has 0 unspecified atom stereocenters. The maximum atomic E-state index is 12.3. The predicted molar refractivity (Wildman–Crippen MR) is 93.1 cm³/mol. The van der Waals surface area contributed by atoms with Gasteiger partial charge in [0.1, 0.15) is 0 Å². The molecule has 6 heteroatoms. The Kier molecular flexibility index (Phi) is 4.54. The van der Waals surface area contributed by atoms with Gasteiger partial charge in [-0.25, -0.2) is 4.79 Å². The Balaban J connectivity index is 1.80. The number of thiophene rings is 1. The van der Waals surface area contributed by atoms with Crippen LogP contribution in [-0.2, 0) is 4.74 Å². The highest BCUT2D eigenvalue weighted by atomic mass is 79.9. The van der Waals surface area contributed by atoms with Gasteiger partial charge >= 0.3 is 5.97 Å². The Morgan fingerprint density at radius 2 is 2.00 bits per heavy atom. The number of halogens is 1. The topological polar surface area (TPSA) is 56.3 Å². The van der Waals surface area contributed by atoms with Crippen LogP contribution in [0.2, 0.25) is 0 Å². The molecule has 0 N–H and O–H groups in total. The van der Waals surface area contributed by atoms with Gasteiger partial charge in [-0.1, -0.05) is 18.2 Å². The number of rotatable bonds is 4. The van der Waals surface area contributed by atoms with Crippen LogP contribution in [0.5, 0.6) is 0 Å². The minimum Gasteiger partial charge on any atom is -0.454 e. The Hall–Kier alpha value is -2.05. The number of pyridine rings is 1. The number of hydrogen-bond donors (Lipinski definition) is 0. The smallest absolute Gasteiger partial charge is 0.339 e. The number of fused-ring (bicyclic) bond motifs is 1. The molecule has 0 atom stereocenters. The van der Waals surface area contributed by atoms with E-state index in [2.05, 4.69) is 20.9 Å². The number of hydrogen-bond acceptors (Lipinski definition) is 5. The molecule has 4 nitrogen and oxygen atoms in total. The van der Waals surface area contributed by atoms with Gasteiger partial charge in [-0.05, 0) is 47.1 Å². The first-order chi connectivity index (χ1) is 11.0. The summed E-state index contributed by atoms with van der Waals surface area (Å²) in [5.41, 5.74) is 1.88. The van der Waals surface area contributed by atoms with Crippen LogP contribution in [0.4, 0.5) is 0 Å². The average Bonchev–Trinajstić information content (AvgIpc) is 2.98. The monoisotopic (exact) mass is 389 g/mol. The van der Waals surface area contributed by atoms with E-state index >= 15 is 0 Å². The second-order valence-electron chi connectivity index (χ2n) is 4.93. The van der Waals surface area contributed by atoms with E-state index in [1.54, 1.807) is 18.2 Å². The Labute approximate surface area is 145 Å². The molecule has 0 amide bonds. The van der Waals surface area contributed by atoms with Crippen molar-refractivity contribution in [3.63, 3.8) is 0 Å². The quantitative estimate of drug-likeness (QED) is 0.489. The lowest BCUT2D eigenvalue weighted by Crippen LogP contribution is -2.14. The van der Waals surface area contributed by atoms with Crippen LogP contribution in [0.25, 0.3) is 10.9 Å². The van der Waals surface area contributed by atoms with Gasteiger partial charge < -0.3 is 4.74 Å². The average molecular weight is 390 g/mol. The van der Waals surface area contributed by atoms with E-state index in [1.807, 2.05) is 31.2 Å². The predicted octanol–water partition coefficient (Wildman–Crippen LogP) is 4.41. The molecule has 0 aliphatic rings. The Bertz CT molecular complexity index is 904. The van der Waals surface area contributed by atoms with Gasteiger partial charge in [-0.2, -0.15) is 0 Å². The summed E-state index contributed by atoms with van der Waals surface area (Å²) in [5, 5.41) is 0.717. The number of aryl methyl sites for hydroxylation is 1. The largest absolute Gasteiger partial charge is 0.454 e. The fourth-order valence-electron chi connectivity index (χ4n) is 2.22. The normalized spacial score (nSPS) is 10.7. The van der Waals surface area contributed by atoms with E-state index in [9.17, 15) is 9.59 Å². The fraction of sp³-hybridized carbons (Fsp3) is 0.118. The molecular formula is C17H12BrNO3S. The van der Waals surface area contributed by atoms with Gasteiger partial charge in [0, 0.05) is 11.1 Å². The molecule has 0 saturated carbocycles. The number of para-hydroxylation sites is 1. The number of ether oxygens (including phenoxy) is 1. The van der Waals surface area contributed by atoms with E-state index < -0.39 is 5.97 Å². The standard InChI is InChI=1S/C17H12BrNO3S/c1-10-8-12(11-4-2-3-5-13(11)19-10)17(21)22-9-14(20)15-6-7-16(18)23-15/h2-8H,9H2,1H3. The van der Waals surface area contributed by atoms with E-state index in [4.69, 9.17) is 4.74 Å². The number of nitrogens with zero attached hydrogens (tertiary/aromatic N) is 1. The van der Waals surface area contributed by atoms with E-state index in [-0.39, 0.29) is 12.4 Å². The van der Waals surface area contributed by atoms with Crippen molar-refractivity contribution in [3.05, 3.63) is 62.4 Å². The summed E-state index contributed by atoms with van der Waals surface area (Å²) >= 11 is 4.62. The highest BCUT2D eigenvalue weighted by Crippen LogP contribution is 2.23. The van der Waals surface area contributed by atoms with E-state index in [0.29, 0.717) is 10.4 Å². The summed E-state index contributed by atoms with van der Waals surface area (Å²) in [5.74, 6) is -0.736. The SMILES string of the molecule is Cc1cc(C(=O)OCC(=O)c2ccc(Br)s2)c2ccccc2n1. The van der Waals surface area contributed by atoms with Gasteiger partial charge in [-0.15, -0.1) is 11.3 Å². The summed E-state index contributed by atoms with van der Waals surface area (Å²) < 4.78 is 6.06. The lowest BCUT2D eigenvalue weighted by Gasteiger charge is -2.07. The number of esters is 1. The number of aromatic nitrogens is 1. The van der Waals surface area contributed by atoms with Gasteiger partial charge in [0.15, 0.2) is 6.61 Å². The van der Waals surface area contributed by atoms with Gasteiger partial charge in [0.25, 0.3) is 0 Å². The number of carbonyl (C=O) groups excluding carboxylic acids is 2. The van der Waals surface area contributed by atoms with Crippen LogP contribution in [0.1, 0.15) is 25.7 Å². The third-order valence-electron chi connectivity index (χ3n) is 3.25. The molecule has 0 aliphatic heterocycles. The molecule has 2 aromatic heterocycles. The first kappa shape index (κ1) is 15.8. The molecule has 23 heavy (non-hydrogen) atoms. The van der Waals surface area contributed by atoms with Crippen LogP contribution in [0.15, 0.2) is 46.3 Å². The van der Waals surface area contributed by atoms with Crippen LogP contribution in [-0.4, -0.2) is 23.3 Å². The van der Waals surface area contributed by atoms with E-state index in [1.165, 1.54) is 11.3 Å². The zero-order chi connectivity index (χ0) is 16.4. The highest BCUT2D eigenvalue weighted by molar-refractivity contribution is 9.11. The van der Waals surface area contributed by atoms with Crippen molar-refractivity contribution < 1.29 is 14.3 Å². The molecule has 0 saturated heterocycles. The van der Waals surface area contributed by atoms with Crippen LogP contribution < -0.4 is 0 Å². The first-order valence-electron chi connectivity index (χ1n) is 6.86. The molecule has 0 radical (unpaired) electrons. The molecule has 3 aromatic rings. The van der Waals surface area contributed by atoms with Crippen molar-refractivity contribution >= 4 is 49.9 Å². The fourth-order valence-corrected chi connectivity index (χ4v) is 3.53. The zero-order valence-corrected chi connectivity index (χ0v) is 14.6. The zero-order valence-electron chi connectivity index (χ0n) is 12.2. The first-order valence-corrected chi connectivity index (χ1v) is 8.47. The summed E-state index contributed by atoms with van der Waals surface area (Å²) in [6.07, 6.45) is 0. The molecule has 0 fully saturated rings. The summed E-state index contributed by atoms with van der Waals surface area (Å²) in [4.78, 5) is 29.3. The molecular weight excluding hydrogens is 378 g/mol. The molecule has 2 heterocycles. The highest BCUT2D eigenvalue weighted by Gasteiger charge is 2.16. The molecule has 0 spiro atoms. The van der Waals surface area contributed by atoms with Crippen molar-refractivity contribution in [1.82, 2.24) is 4.98 Å². The number of Topliss-reactive ketones (excluding diaryl/α,β-unsaturated/α-hetero) is 1. The molecule has 0 bridgehead atoms. The summed E-state index contributed by atoms with van der Waals surface area (Å²) in [6, 6.07) is 12.5. The van der Waals surface area contributed by atoms with Crippen molar-refractivity contribution in [2.75, 3.05) is 6.61 Å². The lowest BCUT2D eigenvalue weighted by atomic mass is 10.1. The van der Waals surface area contributed by atoms with Crippen molar-refractivity contribution in [2.45, 2.75) is 6.92 Å². The molecule has 1 aromatic carbocycles. The Morgan fingerprint density at radius 1 is 1.22 bits per heavy atom. The summed E-state index contributed by atoms with van der Waals surface area (Å²) in [6.45, 7) is 1.54. The van der Waals surface area contributed by atoms with Crippen LogP contribution >= 0.6 is 27.3 Å². The third kappa shape index (κ3) is 3.48. The second-order valence-corrected chi connectivity index (χ2v) is 7.39. The number of benzene rings is 1. The maximum Gasteiger partial charge on any atom is 0.339 e. The van der Waals surface area contributed by atoms with Crippen molar-refractivity contribution in [3.8, 4) is 0 Å². The van der Waals surface area contributed by atoms with E-state index in [0.717, 1.165) is 20.4 Å². The number of ketones is 1. The number of carbonyl (C=O) groups is 2. The van der Waals surface area contributed by atoms with Crippen LogP contribution in [0, 0.1) is 6.92 Å². The minimum absolute atomic E-state index is 0.218. The molecule has 0 aliphatic carbocycles. The second kappa shape index (κ2) is 6.60. The van der Waals surface area contributed by atoms with Crippen LogP contribution in [0.3, 0.4) is 0 Å². The van der Waals surface area contributed by atoms with Gasteiger partial charge in [0.2, 0.25) is 5.78 Å². The molecule has 116 valence electrons.